The number of aliphatic hydroxyl groups excluding tert-OH is 2. The van der Waals surface area contributed by atoms with Crippen LogP contribution < -0.4 is 0 Å². The fourth-order valence-electron chi connectivity index (χ4n) is 22.0. The number of nitrogens with zero attached hydrogens (tertiary/aromatic N) is 5. The van der Waals surface area contributed by atoms with Gasteiger partial charge in [-0.2, -0.15) is 0 Å². The summed E-state index contributed by atoms with van der Waals surface area (Å²) in [5.41, 5.74) is 9.31. The van der Waals surface area contributed by atoms with Gasteiger partial charge < -0.3 is 73.5 Å². The van der Waals surface area contributed by atoms with Gasteiger partial charge in [-0.3, -0.25) is 0 Å². The van der Waals surface area contributed by atoms with Crippen molar-refractivity contribution in [2.24, 2.45) is 0 Å². The number of rotatable bonds is 61. The maximum atomic E-state index is 11.4. The van der Waals surface area contributed by atoms with Gasteiger partial charge in [-0.1, -0.05) is 232 Å². The number of hydrogen-bond acceptors (Lipinski definition) is 10. The van der Waals surface area contributed by atoms with E-state index in [2.05, 4.69) is 204 Å². The van der Waals surface area contributed by atoms with Crippen LogP contribution in [0.15, 0.2) is 91.0 Å². The molecule has 138 heavy (non-hydrogen) atoms. The molecular weight excluding hydrogens is 1710 g/mol. The molecule has 2 aliphatic rings. The number of hydrogen-bond donors (Lipinski definition) is 10. The van der Waals surface area contributed by atoms with Gasteiger partial charge in [0.05, 0.1) is 155 Å². The summed E-state index contributed by atoms with van der Waals surface area (Å²) in [4.78, 5) is 0. The summed E-state index contributed by atoms with van der Waals surface area (Å²) in [6.45, 7) is 83.8. The third-order valence-corrected chi connectivity index (χ3v) is 33.6. The molecule has 0 amide bonds. The topological polar surface area (TPSA) is 202 Å². The van der Waals surface area contributed by atoms with Gasteiger partial charge in [-0.15, -0.1) is 0 Å². The Morgan fingerprint density at radius 1 is 0.246 bits per heavy atom. The van der Waals surface area contributed by atoms with Crippen LogP contribution in [0.3, 0.4) is 0 Å². The molecule has 2 aliphatic carbocycles. The maximum Gasteiger partial charge on any atom is 0.104 e. The molecule has 10 N–H and O–H groups in total. The Morgan fingerprint density at radius 3 is 0.609 bits per heavy atom. The molecule has 5 aromatic carbocycles. The zero-order valence-corrected chi connectivity index (χ0v) is 95.2. The fourth-order valence-corrected chi connectivity index (χ4v) is 22.0. The lowest BCUT2D eigenvalue weighted by atomic mass is 9.81. The molecule has 2 fully saturated rings. The lowest BCUT2D eigenvalue weighted by molar-refractivity contribution is -0.941. The molecule has 15 nitrogen and oxygen atoms in total. The van der Waals surface area contributed by atoms with Gasteiger partial charge in [0.2, 0.25) is 0 Å². The van der Waals surface area contributed by atoms with Gasteiger partial charge >= 0.3 is 0 Å². The van der Waals surface area contributed by atoms with E-state index in [0.717, 1.165) is 201 Å². The summed E-state index contributed by atoms with van der Waals surface area (Å²) in [7, 11) is 0. The minimum Gasteiger partial charge on any atom is -0.389 e. The second-order valence-electron chi connectivity index (χ2n) is 44.7. The van der Waals surface area contributed by atoms with Crippen LogP contribution in [0, 0.1) is 0 Å². The highest BCUT2D eigenvalue weighted by Crippen LogP contribution is 2.46. The third kappa shape index (κ3) is 38.4. The van der Waals surface area contributed by atoms with Crippen LogP contribution in [-0.4, -0.2) is 172 Å². The molecule has 0 aliphatic heterocycles. The standard InChI is InChI=1S/C29H54NO2.C25H46NO2.C23H38NO2.2C23H42NO2/c1-8-15-18-30(19-16-9-2,20-17-10-3)24-25-21-26(28(31,11-4)12-5)23-27(22-25)29(32,13-6)14-7;1-8-11-14-26(15-12-9-2,16-13-10-3)20-21-17-22(24(4,5)27)19-23(18-21)25(6,7)28;1-4-24(5-2,6-3)18-19-15-20(22(25)11-7-8-12-22)17-21(16-19)23(26)13-9-10-14-23;1-8-22(25,9-2)20-15-19(18-24(12-5,13-6)14-7)16-21(17-20)23(26,10-3)11-4;1-6-9-12-24(13-10-7-2,14-11-8-3)18-21-15-22(19(4)25)17-23(16-21)20(5)26/h21-23,31-32H,8-20,24H2,1-7H3;17-19,27-28H,8-16,20H2,1-7H3;15-17,25-26H,4-14,18H2,1-3H3;15-17,25-26H,8-14,18H2,1-7H3;15-17,19-20,25-26H,6-14,18H2,1-5H3/q5*+1. The van der Waals surface area contributed by atoms with E-state index < -0.39 is 57.0 Å². The third-order valence-electron chi connectivity index (χ3n) is 33.6. The number of aliphatic hydroxyl groups is 10. The monoisotopic (exact) mass is 1930 g/mol. The first kappa shape index (κ1) is 128. The van der Waals surface area contributed by atoms with Crippen molar-refractivity contribution >= 4 is 0 Å². The van der Waals surface area contributed by atoms with Gasteiger partial charge in [0.1, 0.15) is 32.7 Å². The number of quaternary nitrogens is 5. The van der Waals surface area contributed by atoms with E-state index in [-0.39, 0.29) is 0 Å². The summed E-state index contributed by atoms with van der Waals surface area (Å²) in [6, 6.07) is 32.1. The first-order valence-electron chi connectivity index (χ1n) is 57.3. The Bertz CT molecular complexity index is 3790. The van der Waals surface area contributed by atoms with E-state index in [4.69, 9.17) is 0 Å². The van der Waals surface area contributed by atoms with Crippen molar-refractivity contribution in [3.63, 3.8) is 0 Å². The molecule has 2 saturated carbocycles. The van der Waals surface area contributed by atoms with Crippen molar-refractivity contribution in [2.75, 3.05) is 98.2 Å². The zero-order chi connectivity index (χ0) is 104. The highest BCUT2D eigenvalue weighted by molar-refractivity contribution is 5.41. The van der Waals surface area contributed by atoms with Gasteiger partial charge in [0.15, 0.2) is 0 Å². The molecule has 7 rings (SSSR count). The quantitative estimate of drug-likeness (QED) is 0.0167. The van der Waals surface area contributed by atoms with Crippen LogP contribution in [0.2, 0.25) is 0 Å². The van der Waals surface area contributed by atoms with Crippen LogP contribution >= 0.6 is 0 Å². The van der Waals surface area contributed by atoms with E-state index >= 15 is 0 Å². The zero-order valence-electron chi connectivity index (χ0n) is 95.2. The van der Waals surface area contributed by atoms with Crippen molar-refractivity contribution in [3.8, 4) is 0 Å². The van der Waals surface area contributed by atoms with Crippen LogP contribution in [0.1, 0.15) is 515 Å². The smallest absolute Gasteiger partial charge is 0.104 e. The maximum absolute atomic E-state index is 11.4. The van der Waals surface area contributed by atoms with Gasteiger partial charge in [-0.05, 0) is 334 Å². The van der Waals surface area contributed by atoms with Crippen molar-refractivity contribution in [3.05, 3.63) is 174 Å². The lowest BCUT2D eigenvalue weighted by Gasteiger charge is -2.40. The molecular formula is C123H222N5O10+5. The van der Waals surface area contributed by atoms with Crippen molar-refractivity contribution in [1.82, 2.24) is 0 Å². The van der Waals surface area contributed by atoms with Gasteiger partial charge in [-0.25, -0.2) is 0 Å². The van der Waals surface area contributed by atoms with Crippen LogP contribution in [0.25, 0.3) is 0 Å². The molecule has 0 saturated heterocycles. The SMILES string of the molecule is CCC(O)(CC)c1cc(C[N+](CC)(CC)CC)cc(C(O)(CC)CC)c1.CCCC[N+](CCCC)(CCCC)Cc1cc(C(C)(C)O)cc(C(C)(C)O)c1.CCCC[N+](CCCC)(CCCC)Cc1cc(C(C)O)cc(C(C)O)c1.CCCC[N+](CCCC)(CCCC)Cc1cc(C(O)(CC)CC)cc(C(O)(CC)CC)c1.CC[N+](CC)(CC)Cc1cc(C2(O)CCCC2)cc(C2(O)CCCC2)c1. The lowest BCUT2D eigenvalue weighted by Crippen LogP contribution is -2.49. The van der Waals surface area contributed by atoms with Gasteiger partial charge in [0, 0.05) is 27.8 Å². The van der Waals surface area contributed by atoms with Gasteiger partial charge in [0.25, 0.3) is 0 Å². The highest BCUT2D eigenvalue weighted by Gasteiger charge is 2.42. The fraction of sp³-hybridized carbons (Fsp3) is 0.756. The molecule has 5 aromatic rings. The Balaban J connectivity index is 0.000000445. The predicted octanol–water partition coefficient (Wildman–Crippen LogP) is 28.5. The Morgan fingerprint density at radius 2 is 0.428 bits per heavy atom. The average molecular weight is 1930 g/mol. The van der Waals surface area contributed by atoms with Crippen LogP contribution in [0.5, 0.6) is 0 Å². The molecule has 15 heteroatoms. The normalized spacial score (nSPS) is 15.1. The Hall–Kier alpha value is -4.50. The van der Waals surface area contributed by atoms with Crippen molar-refractivity contribution in [2.45, 2.75) is 509 Å². The Kier molecular flexibility index (Phi) is 56.6. The average Bonchev–Trinajstić information content (AvgIpc) is 1.66. The molecule has 0 bridgehead atoms. The van der Waals surface area contributed by atoms with Crippen LogP contribution in [-0.2, 0) is 77.5 Å². The van der Waals surface area contributed by atoms with E-state index in [1.807, 2.05) is 73.6 Å². The number of unbranched alkanes of at least 4 members (excludes halogenated alkanes) is 9. The first-order valence-corrected chi connectivity index (χ1v) is 57.3. The number of benzene rings is 5. The molecule has 2 atom stereocenters. The summed E-state index contributed by atoms with van der Waals surface area (Å²) in [5.74, 6) is 0. The summed E-state index contributed by atoms with van der Waals surface area (Å²) >= 11 is 0. The second-order valence-corrected chi connectivity index (χ2v) is 44.7. The molecule has 0 aromatic heterocycles. The highest BCUT2D eigenvalue weighted by atomic mass is 16.3. The molecule has 794 valence electrons. The molecule has 2 unspecified atom stereocenters. The second kappa shape index (κ2) is 61.2. The summed E-state index contributed by atoms with van der Waals surface area (Å²) in [6.07, 6.45) is 34.5. The summed E-state index contributed by atoms with van der Waals surface area (Å²) in [5, 5.41) is 109. The van der Waals surface area contributed by atoms with E-state index in [1.165, 1.54) is 202 Å². The molecule has 0 heterocycles. The van der Waals surface area contributed by atoms with Crippen molar-refractivity contribution in [1.29, 1.82) is 0 Å². The minimum absolute atomic E-state index is 0.503. The molecule has 0 spiro atoms. The van der Waals surface area contributed by atoms with Crippen molar-refractivity contribution < 1.29 is 73.5 Å². The minimum atomic E-state index is -0.915. The Labute approximate surface area is 849 Å². The van der Waals surface area contributed by atoms with E-state index in [0.29, 0.717) is 51.4 Å². The van der Waals surface area contributed by atoms with Crippen LogP contribution in [0.4, 0.5) is 0 Å². The predicted molar refractivity (Wildman–Crippen MR) is 588 cm³/mol. The summed E-state index contributed by atoms with van der Waals surface area (Å²) < 4.78 is 5.47. The van der Waals surface area contributed by atoms with E-state index in [1.54, 1.807) is 13.8 Å². The molecule has 0 radical (unpaired) electrons. The largest absolute Gasteiger partial charge is 0.389 e. The van der Waals surface area contributed by atoms with E-state index in [9.17, 15) is 51.1 Å². The first-order chi connectivity index (χ1) is 65.2.